The molecule has 13 heteroatoms. The van der Waals surface area contributed by atoms with Crippen LogP contribution in [-0.4, -0.2) is 31.7 Å². The summed E-state index contributed by atoms with van der Waals surface area (Å²) in [4.78, 5) is 25.5. The maximum Gasteiger partial charge on any atom is 0.422 e. The van der Waals surface area contributed by atoms with Gasteiger partial charge in [-0.1, -0.05) is 41.9 Å². The molecular formula is C24H23ClF3N3O5S. The average molecular weight is 558 g/mol. The normalized spacial score (nSPS) is 11.7. The largest absolute Gasteiger partial charge is 0.484 e. The molecule has 1 amide bonds. The highest BCUT2D eigenvalue weighted by atomic mass is 35.5. The number of alkyl halides is 3. The lowest BCUT2D eigenvalue weighted by Gasteiger charge is -2.15. The van der Waals surface area contributed by atoms with Gasteiger partial charge >= 0.3 is 6.18 Å². The molecule has 198 valence electrons. The SMILES string of the molecule is Cc1ccc(NS(=O)(=O)Cc2ccccc2)c(=O)n1CC(=O)NCc1cc(Cl)ccc1OCC(F)(F)F. The fourth-order valence-electron chi connectivity index (χ4n) is 3.32. The summed E-state index contributed by atoms with van der Waals surface area (Å²) >= 11 is 5.92. The molecule has 0 unspecified atom stereocenters. The number of nitrogens with zero attached hydrogens (tertiary/aromatic N) is 1. The van der Waals surface area contributed by atoms with Crippen LogP contribution < -0.4 is 20.3 Å². The third kappa shape index (κ3) is 8.53. The van der Waals surface area contributed by atoms with Crippen LogP contribution in [0.25, 0.3) is 0 Å². The molecule has 0 fully saturated rings. The van der Waals surface area contributed by atoms with Gasteiger partial charge in [-0.15, -0.1) is 0 Å². The van der Waals surface area contributed by atoms with E-state index in [2.05, 4.69) is 10.0 Å². The monoisotopic (exact) mass is 557 g/mol. The predicted molar refractivity (Wildman–Crippen MR) is 133 cm³/mol. The molecule has 2 N–H and O–H groups in total. The number of nitrogens with one attached hydrogen (secondary N) is 2. The molecule has 0 bridgehead atoms. The molecule has 2 aromatic carbocycles. The van der Waals surface area contributed by atoms with E-state index in [1.165, 1.54) is 30.3 Å². The van der Waals surface area contributed by atoms with Crippen molar-refractivity contribution < 1.29 is 31.1 Å². The first-order chi connectivity index (χ1) is 17.3. The molecule has 0 aliphatic carbocycles. The summed E-state index contributed by atoms with van der Waals surface area (Å²) in [7, 11) is -3.91. The summed E-state index contributed by atoms with van der Waals surface area (Å²) in [5.74, 6) is -1.10. The maximum absolute atomic E-state index is 12.9. The molecule has 37 heavy (non-hydrogen) atoms. The molecule has 1 aromatic heterocycles. The number of sulfonamides is 1. The molecule has 0 spiro atoms. The fourth-order valence-corrected chi connectivity index (χ4v) is 4.71. The molecule has 0 atom stereocenters. The molecule has 0 aliphatic rings. The van der Waals surface area contributed by atoms with Gasteiger partial charge < -0.3 is 14.6 Å². The summed E-state index contributed by atoms with van der Waals surface area (Å²) in [5, 5.41) is 2.74. The second-order valence-electron chi connectivity index (χ2n) is 8.06. The Balaban J connectivity index is 1.70. The summed E-state index contributed by atoms with van der Waals surface area (Å²) in [6.45, 7) is -0.629. The maximum atomic E-state index is 12.9. The first kappa shape index (κ1) is 28.1. The highest BCUT2D eigenvalue weighted by Gasteiger charge is 2.29. The van der Waals surface area contributed by atoms with Crippen LogP contribution in [0.2, 0.25) is 5.02 Å². The van der Waals surface area contributed by atoms with E-state index in [-0.39, 0.29) is 34.3 Å². The van der Waals surface area contributed by atoms with E-state index >= 15 is 0 Å². The number of carbonyl (C=O) groups excluding carboxylic acids is 1. The van der Waals surface area contributed by atoms with E-state index in [0.717, 1.165) is 4.57 Å². The van der Waals surface area contributed by atoms with Crippen molar-refractivity contribution in [3.05, 3.63) is 92.9 Å². The molecule has 0 radical (unpaired) electrons. The highest BCUT2D eigenvalue weighted by Crippen LogP contribution is 2.25. The highest BCUT2D eigenvalue weighted by molar-refractivity contribution is 7.91. The number of anilines is 1. The van der Waals surface area contributed by atoms with Gasteiger partial charge in [-0.3, -0.25) is 14.3 Å². The van der Waals surface area contributed by atoms with Crippen molar-refractivity contribution in [2.24, 2.45) is 0 Å². The Labute approximate surface area is 216 Å². The zero-order valence-corrected chi connectivity index (χ0v) is 21.1. The lowest BCUT2D eigenvalue weighted by Crippen LogP contribution is -2.34. The topological polar surface area (TPSA) is 107 Å². The van der Waals surface area contributed by atoms with Gasteiger partial charge in [0.25, 0.3) is 5.56 Å². The minimum absolute atomic E-state index is 0.106. The molecule has 0 aliphatic heterocycles. The minimum atomic E-state index is -4.55. The van der Waals surface area contributed by atoms with Crippen molar-refractivity contribution in [2.45, 2.75) is 31.9 Å². The number of ether oxygens (including phenoxy) is 1. The van der Waals surface area contributed by atoms with Crippen LogP contribution in [0.4, 0.5) is 18.9 Å². The molecule has 0 saturated heterocycles. The van der Waals surface area contributed by atoms with E-state index < -0.39 is 40.8 Å². The van der Waals surface area contributed by atoms with Crippen LogP contribution in [0.3, 0.4) is 0 Å². The molecule has 0 saturated carbocycles. The lowest BCUT2D eigenvalue weighted by molar-refractivity contribution is -0.153. The number of benzene rings is 2. The number of halogens is 4. The van der Waals surface area contributed by atoms with Gasteiger partial charge in [0.2, 0.25) is 15.9 Å². The molecule has 3 aromatic rings. The van der Waals surface area contributed by atoms with Crippen LogP contribution >= 0.6 is 11.6 Å². The fraction of sp³-hybridized carbons (Fsp3) is 0.250. The Morgan fingerprint density at radius 1 is 1.08 bits per heavy atom. The molecule has 3 rings (SSSR count). The lowest BCUT2D eigenvalue weighted by atomic mass is 10.2. The summed E-state index contributed by atoms with van der Waals surface area (Å²) < 4.78 is 70.8. The second-order valence-corrected chi connectivity index (χ2v) is 10.2. The first-order valence-corrected chi connectivity index (χ1v) is 12.9. The molecule has 8 nitrogen and oxygen atoms in total. The van der Waals surface area contributed by atoms with Gasteiger partial charge in [-0.25, -0.2) is 8.42 Å². The Hall–Kier alpha value is -3.51. The number of hydrogen-bond acceptors (Lipinski definition) is 5. The number of carbonyl (C=O) groups is 1. The van der Waals surface area contributed by atoms with Crippen molar-refractivity contribution in [3.8, 4) is 5.75 Å². The quantitative estimate of drug-likeness (QED) is 0.392. The summed E-state index contributed by atoms with van der Waals surface area (Å²) in [6.07, 6.45) is -4.55. The Morgan fingerprint density at radius 3 is 2.46 bits per heavy atom. The average Bonchev–Trinajstić information content (AvgIpc) is 2.81. The number of hydrogen-bond donors (Lipinski definition) is 2. The van der Waals surface area contributed by atoms with Gasteiger partial charge in [0.05, 0.1) is 5.75 Å². The number of aromatic nitrogens is 1. The second kappa shape index (κ2) is 11.7. The van der Waals surface area contributed by atoms with Gasteiger partial charge in [0, 0.05) is 22.8 Å². The smallest absolute Gasteiger partial charge is 0.422 e. The molecular weight excluding hydrogens is 535 g/mol. The third-order valence-electron chi connectivity index (χ3n) is 5.05. The Bertz CT molecular complexity index is 1430. The van der Waals surface area contributed by atoms with E-state index in [1.54, 1.807) is 37.3 Å². The Morgan fingerprint density at radius 2 is 1.78 bits per heavy atom. The van der Waals surface area contributed by atoms with Crippen LogP contribution in [0.5, 0.6) is 5.75 Å². The van der Waals surface area contributed by atoms with Gasteiger partial charge in [0.1, 0.15) is 18.0 Å². The van der Waals surface area contributed by atoms with E-state index in [9.17, 15) is 31.2 Å². The Kier molecular flexibility index (Phi) is 8.87. The standard InChI is InChI=1S/C24H23ClF3N3O5S/c1-16-7-9-20(30-37(34,35)14-17-5-3-2-4-6-17)23(33)31(16)13-22(32)29-12-18-11-19(25)8-10-21(18)36-15-24(26,27)28/h2-11,30H,12-15H2,1H3,(H,29,32). The third-order valence-corrected chi connectivity index (χ3v) is 6.53. The number of rotatable bonds is 10. The zero-order valence-electron chi connectivity index (χ0n) is 19.5. The summed E-state index contributed by atoms with van der Waals surface area (Å²) in [6, 6.07) is 15.2. The van der Waals surface area contributed by atoms with E-state index in [4.69, 9.17) is 16.3 Å². The first-order valence-electron chi connectivity index (χ1n) is 10.8. The van der Waals surface area contributed by atoms with E-state index in [1.807, 2.05) is 0 Å². The number of pyridine rings is 1. The van der Waals surface area contributed by atoms with Crippen molar-refractivity contribution in [1.82, 2.24) is 9.88 Å². The van der Waals surface area contributed by atoms with Crippen LogP contribution in [0.15, 0.2) is 65.5 Å². The van der Waals surface area contributed by atoms with Gasteiger partial charge in [-0.2, -0.15) is 13.2 Å². The number of amides is 1. The predicted octanol–water partition coefficient (Wildman–Crippen LogP) is 4.01. The van der Waals surface area contributed by atoms with Crippen molar-refractivity contribution in [1.29, 1.82) is 0 Å². The van der Waals surface area contributed by atoms with Crippen LogP contribution in [0, 0.1) is 6.92 Å². The van der Waals surface area contributed by atoms with Crippen molar-refractivity contribution in [2.75, 3.05) is 11.3 Å². The van der Waals surface area contributed by atoms with Crippen molar-refractivity contribution in [3.63, 3.8) is 0 Å². The number of aryl methyl sites for hydroxylation is 1. The van der Waals surface area contributed by atoms with Crippen LogP contribution in [0.1, 0.15) is 16.8 Å². The zero-order chi connectivity index (χ0) is 27.2. The molecule has 1 heterocycles. The van der Waals surface area contributed by atoms with Gasteiger partial charge in [-0.05, 0) is 42.8 Å². The minimum Gasteiger partial charge on any atom is -0.484 e. The van der Waals surface area contributed by atoms with E-state index in [0.29, 0.717) is 11.3 Å². The summed E-state index contributed by atoms with van der Waals surface area (Å²) in [5.41, 5.74) is 0.164. The van der Waals surface area contributed by atoms with Crippen LogP contribution in [-0.2, 0) is 33.7 Å². The van der Waals surface area contributed by atoms with Crippen molar-refractivity contribution >= 4 is 33.2 Å². The van der Waals surface area contributed by atoms with Gasteiger partial charge in [0.15, 0.2) is 6.61 Å².